The molecule has 0 aliphatic carbocycles. The van der Waals surface area contributed by atoms with Crippen LogP contribution in [0.5, 0.6) is 0 Å². The molecule has 6 nitrogen and oxygen atoms in total. The molecule has 5 aromatic rings. The van der Waals surface area contributed by atoms with Crippen molar-refractivity contribution < 1.29 is 4.79 Å². The van der Waals surface area contributed by atoms with E-state index in [1.807, 2.05) is 42.5 Å². The van der Waals surface area contributed by atoms with Crippen LogP contribution >= 0.6 is 22.7 Å². The van der Waals surface area contributed by atoms with E-state index in [-0.39, 0.29) is 11.1 Å². The SMILES string of the molecule is CCCc1ccc(-c2ccc(NC(=O)/C(C#N)=C/c3cc4sc(/N=N/c5ccc6c(c5)C(C)CC(C)(C)N6C)cc4s3)cc2)cc1. The molecule has 3 heterocycles. The van der Waals surface area contributed by atoms with Crippen LogP contribution in [0, 0.1) is 11.3 Å². The largest absolute Gasteiger partial charge is 0.369 e. The first-order valence-corrected chi connectivity index (χ1v) is 17.2. The summed E-state index contributed by atoms with van der Waals surface area (Å²) in [5, 5.41) is 22.5. The quantitative estimate of drug-likeness (QED) is 0.104. The summed E-state index contributed by atoms with van der Waals surface area (Å²) < 4.78 is 2.09. The zero-order chi connectivity index (χ0) is 32.4. The second-order valence-electron chi connectivity index (χ2n) is 12.5. The van der Waals surface area contributed by atoms with Crippen LogP contribution in [0.3, 0.4) is 0 Å². The van der Waals surface area contributed by atoms with Crippen LogP contribution in [-0.2, 0) is 11.2 Å². The molecule has 0 spiro atoms. The van der Waals surface area contributed by atoms with Gasteiger partial charge in [0.1, 0.15) is 16.6 Å². The number of aryl methyl sites for hydroxylation is 1. The summed E-state index contributed by atoms with van der Waals surface area (Å²) in [4.78, 5) is 16.2. The Hall–Kier alpha value is -4.58. The molecule has 0 saturated carbocycles. The molecule has 1 amide bonds. The number of nitriles is 1. The fraction of sp³-hybridized carbons (Fsp3) is 0.263. The van der Waals surface area contributed by atoms with Gasteiger partial charge in [0.2, 0.25) is 0 Å². The van der Waals surface area contributed by atoms with E-state index in [9.17, 15) is 10.1 Å². The molecular formula is C38H37N5OS2. The molecule has 0 bridgehead atoms. The first kappa shape index (κ1) is 31.4. The molecule has 1 aliphatic heterocycles. The lowest BCUT2D eigenvalue weighted by molar-refractivity contribution is -0.112. The van der Waals surface area contributed by atoms with E-state index in [0.29, 0.717) is 11.6 Å². The second-order valence-corrected chi connectivity index (χ2v) is 14.7. The molecule has 1 aliphatic rings. The smallest absolute Gasteiger partial charge is 0.266 e. The van der Waals surface area contributed by atoms with E-state index >= 15 is 0 Å². The van der Waals surface area contributed by atoms with Crippen LogP contribution in [-0.4, -0.2) is 18.5 Å². The van der Waals surface area contributed by atoms with E-state index in [4.69, 9.17) is 0 Å². The summed E-state index contributed by atoms with van der Waals surface area (Å²) in [7, 11) is 2.16. The molecule has 1 atom stereocenters. The standard InChI is InChI=1S/C38H37N5OS2/c1-6-7-25-8-10-26(11-9-25)27-12-14-29(15-13-27)40-37(44)28(23-39)18-31-20-34-35(45-31)21-36(46-34)42-41-30-16-17-33-32(19-30)24(2)22-38(3,4)43(33)5/h8-21,24H,6-7,22H2,1-5H3,(H,40,44)/b28-18+,42-41+. The lowest BCUT2D eigenvalue weighted by atomic mass is 9.80. The maximum atomic E-state index is 13.0. The summed E-state index contributed by atoms with van der Waals surface area (Å²) >= 11 is 3.07. The van der Waals surface area contributed by atoms with Gasteiger partial charge in [0, 0.05) is 38.2 Å². The molecule has 1 unspecified atom stereocenters. The molecule has 0 fully saturated rings. The average molecular weight is 644 g/mol. The Morgan fingerprint density at radius 2 is 1.70 bits per heavy atom. The van der Waals surface area contributed by atoms with Gasteiger partial charge in [0.25, 0.3) is 5.91 Å². The van der Waals surface area contributed by atoms with Gasteiger partial charge in [-0.1, -0.05) is 56.7 Å². The van der Waals surface area contributed by atoms with Gasteiger partial charge in [-0.2, -0.15) is 5.26 Å². The molecule has 0 radical (unpaired) electrons. The fourth-order valence-corrected chi connectivity index (χ4v) is 8.25. The van der Waals surface area contributed by atoms with E-state index in [2.05, 4.69) is 97.7 Å². The maximum Gasteiger partial charge on any atom is 0.266 e. The van der Waals surface area contributed by atoms with Crippen LogP contribution in [0.25, 0.3) is 26.6 Å². The van der Waals surface area contributed by atoms with E-state index in [1.165, 1.54) is 28.2 Å². The maximum absolute atomic E-state index is 13.0. The lowest BCUT2D eigenvalue weighted by Gasteiger charge is -2.45. The number of anilines is 2. The first-order valence-electron chi connectivity index (χ1n) is 15.6. The van der Waals surface area contributed by atoms with Crippen molar-refractivity contribution in [3.8, 4) is 17.2 Å². The minimum Gasteiger partial charge on any atom is -0.369 e. The van der Waals surface area contributed by atoms with Crippen LogP contribution in [0.2, 0.25) is 0 Å². The Kier molecular flexibility index (Phi) is 8.90. The number of hydrogen-bond acceptors (Lipinski definition) is 7. The lowest BCUT2D eigenvalue weighted by Crippen LogP contribution is -2.45. The van der Waals surface area contributed by atoms with E-state index in [1.54, 1.807) is 17.4 Å². The Bertz CT molecular complexity index is 1960. The van der Waals surface area contributed by atoms with Gasteiger partial charge in [0.15, 0.2) is 0 Å². The number of carbonyl (C=O) groups excluding carboxylic acids is 1. The number of benzene rings is 3. The van der Waals surface area contributed by atoms with Crippen LogP contribution in [0.1, 0.15) is 62.5 Å². The Morgan fingerprint density at radius 1 is 1.00 bits per heavy atom. The summed E-state index contributed by atoms with van der Waals surface area (Å²) in [6, 6.07) is 28.7. The third kappa shape index (κ3) is 6.67. The molecule has 3 aromatic carbocycles. The van der Waals surface area contributed by atoms with Gasteiger partial charge in [-0.3, -0.25) is 4.79 Å². The highest BCUT2D eigenvalue weighted by atomic mass is 32.1. The Morgan fingerprint density at radius 3 is 2.37 bits per heavy atom. The van der Waals surface area contributed by atoms with Gasteiger partial charge in [0.05, 0.1) is 5.69 Å². The number of hydrogen-bond donors (Lipinski definition) is 1. The van der Waals surface area contributed by atoms with E-state index in [0.717, 1.165) is 55.4 Å². The molecule has 6 rings (SSSR count). The molecule has 46 heavy (non-hydrogen) atoms. The monoisotopic (exact) mass is 643 g/mol. The molecule has 232 valence electrons. The average Bonchev–Trinajstić information content (AvgIpc) is 3.60. The molecule has 2 aromatic heterocycles. The van der Waals surface area contributed by atoms with Gasteiger partial charge in [-0.05, 0) is 103 Å². The zero-order valence-corrected chi connectivity index (χ0v) is 28.4. The van der Waals surface area contributed by atoms with Crippen molar-refractivity contribution in [3.63, 3.8) is 0 Å². The molecule has 1 N–H and O–H groups in total. The zero-order valence-electron chi connectivity index (χ0n) is 26.8. The van der Waals surface area contributed by atoms with E-state index < -0.39 is 5.91 Å². The summed E-state index contributed by atoms with van der Waals surface area (Å²) in [6.07, 6.45) is 4.93. The van der Waals surface area contributed by atoms with Crippen molar-refractivity contribution in [2.24, 2.45) is 10.2 Å². The van der Waals surface area contributed by atoms with Gasteiger partial charge >= 0.3 is 0 Å². The number of nitrogens with zero attached hydrogens (tertiary/aromatic N) is 4. The van der Waals surface area contributed by atoms with Crippen molar-refractivity contribution in [1.82, 2.24) is 0 Å². The highest BCUT2D eigenvalue weighted by Crippen LogP contribution is 2.44. The Labute approximate surface area is 278 Å². The van der Waals surface area contributed by atoms with Gasteiger partial charge in [-0.25, -0.2) is 0 Å². The van der Waals surface area contributed by atoms with Crippen molar-refractivity contribution in [3.05, 3.63) is 100 Å². The highest BCUT2D eigenvalue weighted by Gasteiger charge is 2.34. The molecular weight excluding hydrogens is 607 g/mol. The number of azo groups is 1. The fourth-order valence-electron chi connectivity index (χ4n) is 6.08. The first-order chi connectivity index (χ1) is 22.1. The molecule has 8 heteroatoms. The van der Waals surface area contributed by atoms with Crippen molar-refractivity contribution in [2.45, 2.75) is 58.4 Å². The van der Waals surface area contributed by atoms with Crippen LogP contribution in [0.4, 0.5) is 22.1 Å². The minimum atomic E-state index is -0.431. The Balaban J connectivity index is 1.11. The number of carbonyl (C=O) groups is 1. The minimum absolute atomic E-state index is 0.0556. The third-order valence-electron chi connectivity index (χ3n) is 8.71. The highest BCUT2D eigenvalue weighted by molar-refractivity contribution is 7.30. The summed E-state index contributed by atoms with van der Waals surface area (Å²) in [5.41, 5.74) is 7.76. The van der Waals surface area contributed by atoms with Crippen LogP contribution < -0.4 is 10.2 Å². The number of nitrogens with one attached hydrogen (secondary N) is 1. The molecule has 0 saturated heterocycles. The number of thiophene rings is 2. The third-order valence-corrected chi connectivity index (χ3v) is 10.8. The van der Waals surface area contributed by atoms with Crippen LogP contribution in [0.15, 0.2) is 94.7 Å². The van der Waals surface area contributed by atoms with Gasteiger partial charge in [-0.15, -0.1) is 32.9 Å². The summed E-state index contributed by atoms with van der Waals surface area (Å²) in [6.45, 7) is 9.03. The number of amides is 1. The van der Waals surface area contributed by atoms with Gasteiger partial charge < -0.3 is 10.2 Å². The predicted octanol–water partition coefficient (Wildman–Crippen LogP) is 11.3. The second kappa shape index (κ2) is 13.0. The topological polar surface area (TPSA) is 80.8 Å². The normalized spacial score (nSPS) is 16.0. The van der Waals surface area contributed by atoms with Crippen molar-refractivity contribution in [1.29, 1.82) is 5.26 Å². The number of rotatable bonds is 8. The van der Waals surface area contributed by atoms with Crippen molar-refractivity contribution >= 4 is 66.1 Å². The number of fused-ring (bicyclic) bond motifs is 2. The summed E-state index contributed by atoms with van der Waals surface area (Å²) in [5.74, 6) is 0.0222. The predicted molar refractivity (Wildman–Crippen MR) is 194 cm³/mol. The van der Waals surface area contributed by atoms with Crippen molar-refractivity contribution in [2.75, 3.05) is 17.3 Å².